The Balaban J connectivity index is 0.000000223. The van der Waals surface area contributed by atoms with Gasteiger partial charge < -0.3 is 15.1 Å². The van der Waals surface area contributed by atoms with Crippen LogP contribution in [0.4, 0.5) is 0 Å². The van der Waals surface area contributed by atoms with E-state index in [-0.39, 0.29) is 0 Å². The molecular formula is C39H52N2O4S2. The molecule has 1 unspecified atom stereocenters. The first kappa shape index (κ1) is 38.4. The van der Waals surface area contributed by atoms with Crippen molar-refractivity contribution in [2.24, 2.45) is 5.41 Å². The quantitative estimate of drug-likeness (QED) is 0.189. The standard InChI is InChI=1S/C20H24N2S2.C15H24.C4H4O4/c1-21-9-11-22(12-10-21)18-13-15-5-3-4-6-19(15)24-20-8-7-16(23-2)14-17(18)20;1-13-7-5-8-14(2)10-12-15(3,4)11-6-9-13;5-3(6)1-2-4(7)8/h3-8,14,18H,9-13H2,1-2H3;6-7,10-11H,5,8-9,12H2,1-4H3;1-2H,(H,5,6)(H,7,8). The monoisotopic (exact) mass is 676 g/mol. The van der Waals surface area contributed by atoms with Gasteiger partial charge in [0, 0.05) is 59.1 Å². The second-order valence-electron chi connectivity index (χ2n) is 13.1. The number of benzene rings is 2. The fraction of sp³-hybridized carbons (Fsp3) is 0.436. The van der Waals surface area contributed by atoms with E-state index < -0.39 is 11.9 Å². The second kappa shape index (κ2) is 19.1. The van der Waals surface area contributed by atoms with Gasteiger partial charge >= 0.3 is 11.9 Å². The van der Waals surface area contributed by atoms with E-state index in [4.69, 9.17) is 10.2 Å². The summed E-state index contributed by atoms with van der Waals surface area (Å²) in [7, 11) is 2.23. The van der Waals surface area contributed by atoms with Gasteiger partial charge in [0.2, 0.25) is 0 Å². The van der Waals surface area contributed by atoms with Gasteiger partial charge in [-0.3, -0.25) is 4.90 Å². The highest BCUT2D eigenvalue weighted by Crippen LogP contribution is 2.44. The predicted octanol–water partition coefficient (Wildman–Crippen LogP) is 9.15. The van der Waals surface area contributed by atoms with E-state index in [9.17, 15) is 9.59 Å². The number of hydrogen-bond donors (Lipinski definition) is 2. The number of carboxylic acids is 2. The molecule has 254 valence electrons. The summed E-state index contributed by atoms with van der Waals surface area (Å²) in [5, 5.41) is 15.6. The zero-order valence-electron chi connectivity index (χ0n) is 28.9. The highest BCUT2D eigenvalue weighted by molar-refractivity contribution is 7.99. The van der Waals surface area contributed by atoms with Crippen molar-refractivity contribution < 1.29 is 19.8 Å². The Morgan fingerprint density at radius 3 is 2.28 bits per heavy atom. The molecule has 5 rings (SSSR count). The fourth-order valence-corrected chi connectivity index (χ4v) is 7.18. The smallest absolute Gasteiger partial charge is 0.328 e. The number of aliphatic carboxylic acids is 2. The first-order valence-electron chi connectivity index (χ1n) is 16.4. The molecule has 47 heavy (non-hydrogen) atoms. The number of allylic oxidation sites excluding steroid dienone is 6. The van der Waals surface area contributed by atoms with Crippen LogP contribution < -0.4 is 0 Å². The number of thioether (sulfide) groups is 1. The topological polar surface area (TPSA) is 81.1 Å². The lowest BCUT2D eigenvalue weighted by Crippen LogP contribution is -2.46. The summed E-state index contributed by atoms with van der Waals surface area (Å²) < 4.78 is 0. The van der Waals surface area contributed by atoms with Gasteiger partial charge in [0.05, 0.1) is 0 Å². The van der Waals surface area contributed by atoms with Crippen LogP contribution in [0.3, 0.4) is 0 Å². The van der Waals surface area contributed by atoms with E-state index in [1.165, 1.54) is 62.9 Å². The first-order chi connectivity index (χ1) is 22.4. The van der Waals surface area contributed by atoms with Crippen LogP contribution in [-0.4, -0.2) is 71.4 Å². The third kappa shape index (κ3) is 13.5. The summed E-state index contributed by atoms with van der Waals surface area (Å²) in [4.78, 5) is 28.5. The van der Waals surface area contributed by atoms with Gasteiger partial charge in [0.15, 0.2) is 0 Å². The van der Waals surface area contributed by atoms with Gasteiger partial charge in [0.25, 0.3) is 0 Å². The summed E-state index contributed by atoms with van der Waals surface area (Å²) in [6, 6.07) is 16.5. The molecule has 2 aromatic carbocycles. The third-order valence-electron chi connectivity index (χ3n) is 8.55. The minimum absolute atomic E-state index is 0.311. The van der Waals surface area contributed by atoms with Crippen LogP contribution in [0.15, 0.2) is 105 Å². The number of hydrogen-bond acceptors (Lipinski definition) is 6. The largest absolute Gasteiger partial charge is 0.478 e. The summed E-state index contributed by atoms with van der Waals surface area (Å²) in [6.45, 7) is 13.8. The Hall–Kier alpha value is -3.04. The molecule has 1 saturated heterocycles. The Labute approximate surface area is 290 Å². The minimum Gasteiger partial charge on any atom is -0.478 e. The third-order valence-corrected chi connectivity index (χ3v) is 10.5. The van der Waals surface area contributed by atoms with Crippen LogP contribution in [-0.2, 0) is 16.0 Å². The molecule has 2 aromatic rings. The molecule has 0 radical (unpaired) electrons. The summed E-state index contributed by atoms with van der Waals surface area (Å²) in [5.74, 6) is -2.51. The number of nitrogens with zero attached hydrogens (tertiary/aromatic N) is 2. The Morgan fingerprint density at radius 2 is 1.62 bits per heavy atom. The molecule has 0 spiro atoms. The summed E-state index contributed by atoms with van der Waals surface area (Å²) in [5.41, 5.74) is 6.35. The molecule has 1 aliphatic carbocycles. The van der Waals surface area contributed by atoms with Crippen molar-refractivity contribution in [3.05, 3.63) is 101 Å². The number of fused-ring (bicyclic) bond motifs is 2. The molecule has 8 heteroatoms. The molecule has 1 fully saturated rings. The van der Waals surface area contributed by atoms with E-state index in [1.807, 2.05) is 23.5 Å². The van der Waals surface area contributed by atoms with Crippen molar-refractivity contribution in [3.63, 3.8) is 0 Å². The first-order valence-corrected chi connectivity index (χ1v) is 18.4. The molecule has 0 bridgehead atoms. The van der Waals surface area contributed by atoms with Gasteiger partial charge in [-0.1, -0.05) is 79.3 Å². The molecule has 1 atom stereocenters. The molecule has 2 N–H and O–H groups in total. The number of piperazine rings is 1. The average molecular weight is 677 g/mol. The molecule has 2 aliphatic heterocycles. The lowest BCUT2D eigenvalue weighted by Gasteiger charge is -2.38. The van der Waals surface area contributed by atoms with Crippen LogP contribution in [0.5, 0.6) is 0 Å². The fourth-order valence-electron chi connectivity index (χ4n) is 5.62. The van der Waals surface area contributed by atoms with Gasteiger partial charge in [-0.15, -0.1) is 11.8 Å². The van der Waals surface area contributed by atoms with Crippen LogP contribution in [0.25, 0.3) is 0 Å². The summed E-state index contributed by atoms with van der Waals surface area (Å²) >= 11 is 3.79. The normalized spacial score (nSPS) is 20.0. The van der Waals surface area contributed by atoms with Crippen molar-refractivity contribution in [3.8, 4) is 0 Å². The molecular weight excluding hydrogens is 625 g/mol. The lowest BCUT2D eigenvalue weighted by atomic mass is 9.87. The Bertz CT molecular complexity index is 1450. The van der Waals surface area contributed by atoms with Crippen LogP contribution >= 0.6 is 23.5 Å². The van der Waals surface area contributed by atoms with E-state index in [2.05, 4.69) is 118 Å². The summed E-state index contributed by atoms with van der Waals surface area (Å²) in [6.07, 6.45) is 18.6. The maximum Gasteiger partial charge on any atom is 0.328 e. The molecule has 3 aliphatic rings. The number of carbonyl (C=O) groups is 2. The van der Waals surface area contributed by atoms with E-state index >= 15 is 0 Å². The Morgan fingerprint density at radius 1 is 0.936 bits per heavy atom. The number of rotatable bonds is 4. The lowest BCUT2D eigenvalue weighted by molar-refractivity contribution is -0.134. The zero-order valence-corrected chi connectivity index (χ0v) is 30.5. The predicted molar refractivity (Wildman–Crippen MR) is 198 cm³/mol. The van der Waals surface area contributed by atoms with Gasteiger partial charge in [-0.05, 0) is 100 Å². The maximum absolute atomic E-state index is 9.55. The SMILES string of the molecule is CC1=CCCC(C)=CCC(C)(C)C=CC1.CSc1ccc2c(c1)C(N1CCN(C)CC1)Cc1ccccc1S2.O=C(O)C=CC(=O)O. The number of carboxylic acid groups (broad SMARTS) is 2. The highest BCUT2D eigenvalue weighted by Gasteiger charge is 2.29. The number of likely N-dealkylation sites (N-methyl/N-ethyl adjacent to an activating group) is 1. The van der Waals surface area contributed by atoms with Gasteiger partial charge in [-0.25, -0.2) is 9.59 Å². The zero-order chi connectivity index (χ0) is 34.4. The van der Waals surface area contributed by atoms with Crippen molar-refractivity contribution in [2.45, 2.75) is 80.5 Å². The molecule has 0 saturated carbocycles. The maximum atomic E-state index is 9.55. The molecule has 0 aromatic heterocycles. The van der Waals surface area contributed by atoms with E-state index in [0.29, 0.717) is 23.6 Å². The van der Waals surface area contributed by atoms with Gasteiger partial charge in [-0.2, -0.15) is 0 Å². The van der Waals surface area contributed by atoms with Crippen LogP contribution in [0, 0.1) is 5.41 Å². The van der Waals surface area contributed by atoms with E-state index in [0.717, 1.165) is 32.4 Å². The van der Waals surface area contributed by atoms with Crippen LogP contribution in [0.2, 0.25) is 0 Å². The van der Waals surface area contributed by atoms with Crippen LogP contribution in [0.1, 0.15) is 70.5 Å². The van der Waals surface area contributed by atoms with Crippen molar-refractivity contribution in [2.75, 3.05) is 39.5 Å². The highest BCUT2D eigenvalue weighted by atomic mass is 32.2. The van der Waals surface area contributed by atoms with Crippen molar-refractivity contribution in [1.29, 1.82) is 0 Å². The Kier molecular flexibility index (Phi) is 15.6. The van der Waals surface area contributed by atoms with Crippen molar-refractivity contribution >= 4 is 35.5 Å². The van der Waals surface area contributed by atoms with Crippen molar-refractivity contribution in [1.82, 2.24) is 9.80 Å². The average Bonchev–Trinajstić information content (AvgIpc) is 3.21. The van der Waals surface area contributed by atoms with E-state index in [1.54, 1.807) is 0 Å². The minimum atomic E-state index is -1.26. The second-order valence-corrected chi connectivity index (χ2v) is 15.1. The molecule has 6 nitrogen and oxygen atoms in total. The van der Waals surface area contributed by atoms with Gasteiger partial charge in [0.1, 0.15) is 0 Å². The molecule has 2 heterocycles. The molecule has 0 amide bonds.